The third kappa shape index (κ3) is 2.53. The minimum absolute atomic E-state index is 0.187. The summed E-state index contributed by atoms with van der Waals surface area (Å²) in [6, 6.07) is 4.94. The normalized spacial score (nSPS) is 22.5. The van der Waals surface area contributed by atoms with E-state index < -0.39 is 18.2 Å². The van der Waals surface area contributed by atoms with Crippen LogP contribution in [0.1, 0.15) is 25.0 Å². The maximum atomic E-state index is 11.5. The van der Waals surface area contributed by atoms with Crippen molar-refractivity contribution in [1.29, 1.82) is 0 Å². The van der Waals surface area contributed by atoms with Crippen LogP contribution in [0.15, 0.2) is 18.2 Å². The second-order valence-electron chi connectivity index (χ2n) is 3.79. The zero-order chi connectivity index (χ0) is 12.4. The van der Waals surface area contributed by atoms with E-state index in [0.29, 0.717) is 22.9 Å². The number of rotatable bonds is 2. The Kier molecular flexibility index (Phi) is 3.54. The molecule has 0 radical (unpaired) electrons. The van der Waals surface area contributed by atoms with Crippen LogP contribution in [0.4, 0.5) is 0 Å². The molecule has 2 atom stereocenters. The number of carbonyl (C=O) groups is 1. The van der Waals surface area contributed by atoms with Crippen LogP contribution in [0.25, 0.3) is 0 Å². The van der Waals surface area contributed by atoms with Gasteiger partial charge in [0, 0.05) is 17.0 Å². The second-order valence-corrected chi connectivity index (χ2v) is 4.23. The average molecular weight is 257 g/mol. The van der Waals surface area contributed by atoms with E-state index in [1.807, 2.05) is 0 Å². The molecule has 1 aliphatic rings. The number of halogens is 1. The molecule has 0 spiro atoms. The molecular weight excluding hydrogens is 244 g/mol. The van der Waals surface area contributed by atoms with E-state index in [2.05, 4.69) is 0 Å². The van der Waals surface area contributed by atoms with Crippen molar-refractivity contribution in [3.63, 3.8) is 0 Å². The summed E-state index contributed by atoms with van der Waals surface area (Å²) in [4.78, 5) is 11.5. The van der Waals surface area contributed by atoms with Crippen LogP contribution in [0.5, 0.6) is 5.75 Å². The quantitative estimate of drug-likeness (QED) is 0.824. The maximum absolute atomic E-state index is 11.5. The smallest absolute Gasteiger partial charge is 0.347 e. The molecule has 0 amide bonds. The third-order valence-electron chi connectivity index (χ3n) is 2.59. The van der Waals surface area contributed by atoms with Crippen molar-refractivity contribution in [3.05, 3.63) is 28.8 Å². The standard InChI is InChI=1S/C12H13ClO4/c1-2-16-12(15)11-6-9(14)8-5-7(13)3-4-10(8)17-11/h3-5,9,11,14H,2,6H2,1H3/t9-,11-/m1/s1. The molecule has 1 aromatic rings. The Morgan fingerprint density at radius 3 is 3.12 bits per heavy atom. The van der Waals surface area contributed by atoms with Crippen LogP contribution in [-0.2, 0) is 9.53 Å². The predicted molar refractivity (Wildman–Crippen MR) is 62.1 cm³/mol. The Morgan fingerprint density at radius 2 is 2.41 bits per heavy atom. The predicted octanol–water partition coefficient (Wildman–Crippen LogP) is 2.09. The summed E-state index contributed by atoms with van der Waals surface area (Å²) in [5.41, 5.74) is 0.609. The van der Waals surface area contributed by atoms with Crippen LogP contribution in [0, 0.1) is 0 Å². The first-order valence-electron chi connectivity index (χ1n) is 5.42. The summed E-state index contributed by atoms with van der Waals surface area (Å²) in [5.74, 6) is 0.0263. The van der Waals surface area contributed by atoms with E-state index in [1.165, 1.54) is 0 Å². The van der Waals surface area contributed by atoms with Crippen molar-refractivity contribution in [2.24, 2.45) is 0 Å². The number of ether oxygens (including phenoxy) is 2. The molecule has 0 aliphatic carbocycles. The van der Waals surface area contributed by atoms with Gasteiger partial charge in [0.2, 0.25) is 0 Å². The minimum Gasteiger partial charge on any atom is -0.478 e. The number of esters is 1. The summed E-state index contributed by atoms with van der Waals surface area (Å²) in [5, 5.41) is 10.5. The van der Waals surface area contributed by atoms with Gasteiger partial charge in [0.25, 0.3) is 0 Å². The van der Waals surface area contributed by atoms with Crippen molar-refractivity contribution in [2.45, 2.75) is 25.6 Å². The van der Waals surface area contributed by atoms with Gasteiger partial charge in [0.1, 0.15) is 5.75 Å². The van der Waals surface area contributed by atoms with Crippen LogP contribution in [-0.4, -0.2) is 23.8 Å². The number of carbonyl (C=O) groups excluding carboxylic acids is 1. The summed E-state index contributed by atoms with van der Waals surface area (Å²) in [7, 11) is 0. The van der Waals surface area contributed by atoms with E-state index in [-0.39, 0.29) is 6.42 Å². The van der Waals surface area contributed by atoms with Crippen molar-refractivity contribution < 1.29 is 19.4 Å². The monoisotopic (exact) mass is 256 g/mol. The van der Waals surface area contributed by atoms with Crippen LogP contribution >= 0.6 is 11.6 Å². The van der Waals surface area contributed by atoms with E-state index in [9.17, 15) is 9.90 Å². The van der Waals surface area contributed by atoms with Gasteiger partial charge in [0.05, 0.1) is 12.7 Å². The first-order valence-corrected chi connectivity index (χ1v) is 5.80. The molecule has 2 rings (SSSR count). The van der Waals surface area contributed by atoms with Gasteiger partial charge in [-0.1, -0.05) is 11.6 Å². The first kappa shape index (κ1) is 12.2. The van der Waals surface area contributed by atoms with Gasteiger partial charge in [0.15, 0.2) is 6.10 Å². The van der Waals surface area contributed by atoms with Crippen LogP contribution < -0.4 is 4.74 Å². The second kappa shape index (κ2) is 4.94. The number of fused-ring (bicyclic) bond motifs is 1. The lowest BCUT2D eigenvalue weighted by Crippen LogP contribution is -2.34. The number of aliphatic hydroxyl groups is 1. The summed E-state index contributed by atoms with van der Waals surface area (Å²) >= 11 is 5.83. The van der Waals surface area contributed by atoms with Gasteiger partial charge < -0.3 is 14.6 Å². The van der Waals surface area contributed by atoms with Crippen LogP contribution in [0.3, 0.4) is 0 Å². The van der Waals surface area contributed by atoms with E-state index in [0.717, 1.165) is 0 Å². The molecule has 0 aromatic heterocycles. The molecule has 1 aliphatic heterocycles. The molecule has 92 valence electrons. The number of aliphatic hydroxyl groups excluding tert-OH is 1. The fourth-order valence-electron chi connectivity index (χ4n) is 1.80. The zero-order valence-corrected chi connectivity index (χ0v) is 10.1. The Hall–Kier alpha value is -1.26. The molecule has 1 heterocycles. The molecule has 17 heavy (non-hydrogen) atoms. The summed E-state index contributed by atoms with van der Waals surface area (Å²) in [6.45, 7) is 2.02. The summed E-state index contributed by atoms with van der Waals surface area (Å²) in [6.07, 6.45) is -1.32. The molecule has 4 nitrogen and oxygen atoms in total. The fourth-order valence-corrected chi connectivity index (χ4v) is 1.98. The van der Waals surface area contributed by atoms with Gasteiger partial charge in [-0.15, -0.1) is 0 Å². The Balaban J connectivity index is 2.21. The van der Waals surface area contributed by atoms with Gasteiger partial charge >= 0.3 is 5.97 Å². The molecule has 0 saturated heterocycles. The lowest BCUT2D eigenvalue weighted by Gasteiger charge is -2.28. The Labute approximate surface area is 104 Å². The Bertz CT molecular complexity index is 433. The highest BCUT2D eigenvalue weighted by atomic mass is 35.5. The molecule has 1 N–H and O–H groups in total. The highest BCUT2D eigenvalue weighted by Gasteiger charge is 2.32. The highest BCUT2D eigenvalue weighted by molar-refractivity contribution is 6.30. The van der Waals surface area contributed by atoms with Gasteiger partial charge in [-0.05, 0) is 25.1 Å². The van der Waals surface area contributed by atoms with Crippen LogP contribution in [0.2, 0.25) is 5.02 Å². The number of hydrogen-bond donors (Lipinski definition) is 1. The van der Waals surface area contributed by atoms with E-state index in [4.69, 9.17) is 21.1 Å². The lowest BCUT2D eigenvalue weighted by atomic mass is 9.99. The van der Waals surface area contributed by atoms with Gasteiger partial charge in [-0.25, -0.2) is 4.79 Å². The number of benzene rings is 1. The zero-order valence-electron chi connectivity index (χ0n) is 9.35. The van der Waals surface area contributed by atoms with E-state index >= 15 is 0 Å². The lowest BCUT2D eigenvalue weighted by molar-refractivity contribution is -0.154. The average Bonchev–Trinajstić information content (AvgIpc) is 2.30. The molecular formula is C12H13ClO4. The fraction of sp³-hybridized carbons (Fsp3) is 0.417. The van der Waals surface area contributed by atoms with Crippen molar-refractivity contribution >= 4 is 17.6 Å². The van der Waals surface area contributed by atoms with Gasteiger partial charge in [-0.3, -0.25) is 0 Å². The molecule has 0 fully saturated rings. The molecule has 0 bridgehead atoms. The topological polar surface area (TPSA) is 55.8 Å². The first-order chi connectivity index (χ1) is 8.11. The third-order valence-corrected chi connectivity index (χ3v) is 2.82. The molecule has 0 saturated carbocycles. The molecule has 0 unspecified atom stereocenters. The summed E-state index contributed by atoms with van der Waals surface area (Å²) < 4.78 is 10.3. The largest absolute Gasteiger partial charge is 0.478 e. The SMILES string of the molecule is CCOC(=O)[C@H]1C[C@@H](O)c2cc(Cl)ccc2O1. The van der Waals surface area contributed by atoms with Crippen molar-refractivity contribution in [1.82, 2.24) is 0 Å². The van der Waals surface area contributed by atoms with Crippen molar-refractivity contribution in [2.75, 3.05) is 6.61 Å². The molecule has 5 heteroatoms. The molecule has 1 aromatic carbocycles. The Morgan fingerprint density at radius 1 is 1.65 bits per heavy atom. The van der Waals surface area contributed by atoms with Gasteiger partial charge in [-0.2, -0.15) is 0 Å². The highest BCUT2D eigenvalue weighted by Crippen LogP contribution is 2.36. The number of hydrogen-bond acceptors (Lipinski definition) is 4. The minimum atomic E-state index is -0.758. The maximum Gasteiger partial charge on any atom is 0.347 e. The van der Waals surface area contributed by atoms with E-state index in [1.54, 1.807) is 25.1 Å². The van der Waals surface area contributed by atoms with Crippen molar-refractivity contribution in [3.8, 4) is 5.75 Å².